The molecular weight excluding hydrogens is 234 g/mol. The zero-order valence-electron chi connectivity index (χ0n) is 11.6. The molecule has 0 bridgehead atoms. The molecule has 0 aliphatic carbocycles. The Balaban J connectivity index is 2.45. The quantitative estimate of drug-likeness (QED) is 0.718. The summed E-state index contributed by atoms with van der Waals surface area (Å²) in [6.07, 6.45) is -0.425. The van der Waals surface area contributed by atoms with E-state index < -0.39 is 6.10 Å². The summed E-state index contributed by atoms with van der Waals surface area (Å²) in [5, 5.41) is 12.2. The number of hydrogen-bond acceptors (Lipinski definition) is 1. The van der Waals surface area contributed by atoms with Gasteiger partial charge in [-0.15, -0.1) is 0 Å². The second-order valence-electron chi connectivity index (χ2n) is 5.43. The highest BCUT2D eigenvalue weighted by Crippen LogP contribution is 2.33. The largest absolute Gasteiger partial charge is 0.389 e. The van der Waals surface area contributed by atoms with Gasteiger partial charge >= 0.3 is 0 Å². The van der Waals surface area contributed by atoms with Gasteiger partial charge in [-0.2, -0.15) is 0 Å². The molecule has 0 aliphatic rings. The molecule has 2 heteroatoms. The maximum absolute atomic E-state index is 9.76. The van der Waals surface area contributed by atoms with Crippen molar-refractivity contribution in [3.05, 3.63) is 48.0 Å². The minimum absolute atomic E-state index is 0.416. The van der Waals surface area contributed by atoms with Gasteiger partial charge in [0.25, 0.3) is 0 Å². The van der Waals surface area contributed by atoms with Crippen LogP contribution in [0.1, 0.15) is 38.5 Å². The van der Waals surface area contributed by atoms with E-state index in [9.17, 15) is 5.11 Å². The predicted octanol–water partition coefficient (Wildman–Crippen LogP) is 4.43. The fraction of sp³-hybridized carbons (Fsp3) is 0.294. The maximum atomic E-state index is 9.76. The summed E-state index contributed by atoms with van der Waals surface area (Å²) in [6, 6.07) is 15.1. The van der Waals surface area contributed by atoms with Crippen molar-refractivity contribution in [3.8, 4) is 0 Å². The Labute approximate surface area is 113 Å². The van der Waals surface area contributed by atoms with E-state index in [1.54, 1.807) is 0 Å². The Morgan fingerprint density at radius 3 is 2.26 bits per heavy atom. The van der Waals surface area contributed by atoms with Crippen LogP contribution in [0.4, 0.5) is 0 Å². The molecule has 1 atom stereocenters. The molecule has 0 fully saturated rings. The van der Waals surface area contributed by atoms with Crippen molar-refractivity contribution < 1.29 is 5.11 Å². The van der Waals surface area contributed by atoms with Gasteiger partial charge in [-0.05, 0) is 44.5 Å². The van der Waals surface area contributed by atoms with Gasteiger partial charge in [0.2, 0.25) is 0 Å². The van der Waals surface area contributed by atoms with Crippen molar-refractivity contribution in [1.29, 1.82) is 0 Å². The van der Waals surface area contributed by atoms with Gasteiger partial charge in [0, 0.05) is 27.8 Å². The van der Waals surface area contributed by atoms with Crippen LogP contribution in [0.2, 0.25) is 0 Å². The van der Waals surface area contributed by atoms with Gasteiger partial charge in [0.1, 0.15) is 0 Å². The van der Waals surface area contributed by atoms with Gasteiger partial charge in [-0.3, -0.25) is 0 Å². The Morgan fingerprint density at radius 2 is 1.58 bits per heavy atom. The summed E-state index contributed by atoms with van der Waals surface area (Å²) >= 11 is 0. The van der Waals surface area contributed by atoms with E-state index in [1.807, 2.05) is 13.0 Å². The third kappa shape index (κ3) is 1.83. The molecule has 3 aromatic rings. The second-order valence-corrected chi connectivity index (χ2v) is 5.43. The normalized spacial score (nSPS) is 13.5. The fourth-order valence-electron chi connectivity index (χ4n) is 2.84. The molecule has 1 heterocycles. The fourth-order valence-corrected chi connectivity index (χ4v) is 2.84. The highest BCUT2D eigenvalue weighted by Gasteiger charge is 2.13. The SMILES string of the molecule is CC(O)c1ccc2c(c1)c1ccccc1n2C(C)C. The number of rotatable bonds is 2. The molecule has 2 nitrogen and oxygen atoms in total. The van der Waals surface area contributed by atoms with E-state index in [4.69, 9.17) is 0 Å². The average Bonchev–Trinajstić information content (AvgIpc) is 2.72. The Kier molecular flexibility index (Phi) is 2.83. The lowest BCUT2D eigenvalue weighted by molar-refractivity contribution is 0.199. The molecule has 19 heavy (non-hydrogen) atoms. The van der Waals surface area contributed by atoms with Crippen molar-refractivity contribution in [2.45, 2.75) is 32.9 Å². The number of aliphatic hydroxyl groups excluding tert-OH is 1. The molecule has 3 rings (SSSR count). The Bertz CT molecular complexity index is 737. The van der Waals surface area contributed by atoms with Gasteiger partial charge in [-0.1, -0.05) is 24.3 Å². The summed E-state index contributed by atoms with van der Waals surface area (Å²) in [5.41, 5.74) is 3.47. The average molecular weight is 253 g/mol. The highest BCUT2D eigenvalue weighted by molar-refractivity contribution is 6.08. The van der Waals surface area contributed by atoms with Crippen molar-refractivity contribution >= 4 is 21.8 Å². The van der Waals surface area contributed by atoms with Crippen LogP contribution in [-0.2, 0) is 0 Å². The molecule has 0 spiro atoms. The number of nitrogens with zero attached hydrogens (tertiary/aromatic N) is 1. The van der Waals surface area contributed by atoms with E-state index in [2.05, 4.69) is 54.8 Å². The monoisotopic (exact) mass is 253 g/mol. The van der Waals surface area contributed by atoms with Crippen molar-refractivity contribution in [2.75, 3.05) is 0 Å². The molecule has 98 valence electrons. The predicted molar refractivity (Wildman–Crippen MR) is 80.5 cm³/mol. The van der Waals surface area contributed by atoms with Crippen LogP contribution in [0.25, 0.3) is 21.8 Å². The maximum Gasteiger partial charge on any atom is 0.0762 e. The van der Waals surface area contributed by atoms with Crippen LogP contribution in [0.15, 0.2) is 42.5 Å². The smallest absolute Gasteiger partial charge is 0.0762 e. The first kappa shape index (κ1) is 12.2. The topological polar surface area (TPSA) is 25.2 Å². The first-order chi connectivity index (χ1) is 9.09. The zero-order valence-corrected chi connectivity index (χ0v) is 11.6. The summed E-state index contributed by atoms with van der Waals surface area (Å²) in [7, 11) is 0. The number of benzene rings is 2. The lowest BCUT2D eigenvalue weighted by atomic mass is 10.1. The third-order valence-corrected chi connectivity index (χ3v) is 3.73. The van der Waals surface area contributed by atoms with Crippen molar-refractivity contribution in [3.63, 3.8) is 0 Å². The first-order valence-electron chi connectivity index (χ1n) is 6.80. The molecule has 2 aromatic carbocycles. The number of para-hydroxylation sites is 1. The molecule has 0 amide bonds. The van der Waals surface area contributed by atoms with E-state index in [0.717, 1.165) is 5.56 Å². The molecule has 0 radical (unpaired) electrons. The van der Waals surface area contributed by atoms with Crippen LogP contribution >= 0.6 is 0 Å². The van der Waals surface area contributed by atoms with Crippen molar-refractivity contribution in [1.82, 2.24) is 4.57 Å². The van der Waals surface area contributed by atoms with Crippen molar-refractivity contribution in [2.24, 2.45) is 0 Å². The highest BCUT2D eigenvalue weighted by atomic mass is 16.3. The number of fused-ring (bicyclic) bond motifs is 3. The number of aliphatic hydroxyl groups is 1. The molecule has 0 saturated carbocycles. The van der Waals surface area contributed by atoms with E-state index in [0.29, 0.717) is 6.04 Å². The third-order valence-electron chi connectivity index (χ3n) is 3.73. The summed E-state index contributed by atoms with van der Waals surface area (Å²) in [4.78, 5) is 0. The van der Waals surface area contributed by atoms with Crippen LogP contribution in [0.3, 0.4) is 0 Å². The van der Waals surface area contributed by atoms with Crippen LogP contribution < -0.4 is 0 Å². The molecule has 1 N–H and O–H groups in total. The molecule has 1 aromatic heterocycles. The minimum atomic E-state index is -0.425. The Morgan fingerprint density at radius 1 is 0.895 bits per heavy atom. The minimum Gasteiger partial charge on any atom is -0.389 e. The van der Waals surface area contributed by atoms with Crippen LogP contribution in [0.5, 0.6) is 0 Å². The zero-order chi connectivity index (χ0) is 13.6. The number of aromatic nitrogens is 1. The summed E-state index contributed by atoms with van der Waals surface area (Å²) in [5.74, 6) is 0. The molecule has 0 aliphatic heterocycles. The second kappa shape index (κ2) is 4.39. The summed E-state index contributed by atoms with van der Waals surface area (Å²) < 4.78 is 2.36. The standard InChI is InChI=1S/C17H19NO/c1-11(2)18-16-7-5-4-6-14(16)15-10-13(12(3)19)8-9-17(15)18/h4-12,19H,1-3H3. The lowest BCUT2D eigenvalue weighted by Crippen LogP contribution is -1.99. The van der Waals surface area contributed by atoms with Gasteiger partial charge in [0.05, 0.1) is 6.10 Å². The molecule has 0 saturated heterocycles. The Hall–Kier alpha value is -1.80. The molecular formula is C17H19NO. The molecule has 1 unspecified atom stereocenters. The van der Waals surface area contributed by atoms with Crippen LogP contribution in [-0.4, -0.2) is 9.67 Å². The van der Waals surface area contributed by atoms with Crippen LogP contribution in [0, 0.1) is 0 Å². The van der Waals surface area contributed by atoms with E-state index in [-0.39, 0.29) is 0 Å². The lowest BCUT2D eigenvalue weighted by Gasteiger charge is -2.12. The first-order valence-corrected chi connectivity index (χ1v) is 6.80. The number of hydrogen-bond donors (Lipinski definition) is 1. The van der Waals surface area contributed by atoms with E-state index in [1.165, 1.54) is 21.8 Å². The van der Waals surface area contributed by atoms with Gasteiger partial charge in [-0.25, -0.2) is 0 Å². The summed E-state index contributed by atoms with van der Waals surface area (Å²) in [6.45, 7) is 6.21. The van der Waals surface area contributed by atoms with Gasteiger partial charge in [0.15, 0.2) is 0 Å². The van der Waals surface area contributed by atoms with Gasteiger partial charge < -0.3 is 9.67 Å². The van der Waals surface area contributed by atoms with E-state index >= 15 is 0 Å².